The monoisotopic (exact) mass is 279 g/mol. The van der Waals surface area contributed by atoms with Crippen LogP contribution in [0.25, 0.3) is 10.1 Å². The van der Waals surface area contributed by atoms with Crippen LogP contribution < -0.4 is 5.32 Å². The zero-order valence-corrected chi connectivity index (χ0v) is 11.6. The van der Waals surface area contributed by atoms with Gasteiger partial charge in [-0.25, -0.2) is 0 Å². The molecule has 0 spiro atoms. The van der Waals surface area contributed by atoms with Crippen molar-refractivity contribution in [2.24, 2.45) is 0 Å². The summed E-state index contributed by atoms with van der Waals surface area (Å²) < 4.78 is 5.93. The summed E-state index contributed by atoms with van der Waals surface area (Å²) in [6.07, 6.45) is -0.0440. The van der Waals surface area contributed by atoms with Gasteiger partial charge in [0.2, 0.25) is 0 Å². The Kier molecular flexibility index (Phi) is 4.90. The quantitative estimate of drug-likeness (QED) is 0.850. The highest BCUT2D eigenvalue weighted by atomic mass is 32.1. The van der Waals surface area contributed by atoms with E-state index in [1.165, 1.54) is 11.3 Å². The SMILES string of the molecule is COCC(O)CCNC(=O)c1cc2ccccc2s1. The van der Waals surface area contributed by atoms with Gasteiger partial charge in [0.15, 0.2) is 0 Å². The Labute approximate surface area is 116 Å². The number of hydrogen-bond donors (Lipinski definition) is 2. The third-order valence-corrected chi connectivity index (χ3v) is 3.89. The molecule has 0 radical (unpaired) electrons. The van der Waals surface area contributed by atoms with Gasteiger partial charge >= 0.3 is 0 Å². The fourth-order valence-corrected chi connectivity index (χ4v) is 2.79. The minimum Gasteiger partial charge on any atom is -0.391 e. The zero-order valence-electron chi connectivity index (χ0n) is 10.8. The standard InChI is InChI=1S/C14H17NO3S/c1-18-9-11(16)6-7-15-14(17)13-8-10-4-2-3-5-12(10)19-13/h2-5,8,11,16H,6-7,9H2,1H3,(H,15,17). The number of rotatable bonds is 6. The van der Waals surface area contributed by atoms with Crippen LogP contribution in [0.1, 0.15) is 16.1 Å². The molecule has 4 nitrogen and oxygen atoms in total. The molecule has 0 saturated carbocycles. The Morgan fingerprint density at radius 1 is 1.47 bits per heavy atom. The number of amides is 1. The first-order valence-corrected chi connectivity index (χ1v) is 6.96. The molecular weight excluding hydrogens is 262 g/mol. The van der Waals surface area contributed by atoms with Gasteiger partial charge < -0.3 is 15.2 Å². The molecule has 1 aromatic carbocycles. The van der Waals surface area contributed by atoms with E-state index >= 15 is 0 Å². The highest BCUT2D eigenvalue weighted by Crippen LogP contribution is 2.24. The van der Waals surface area contributed by atoms with E-state index in [0.29, 0.717) is 24.4 Å². The minimum atomic E-state index is -0.535. The molecule has 0 bridgehead atoms. The fourth-order valence-electron chi connectivity index (χ4n) is 1.81. The number of fused-ring (bicyclic) bond motifs is 1. The van der Waals surface area contributed by atoms with Crippen molar-refractivity contribution in [1.82, 2.24) is 5.32 Å². The average Bonchev–Trinajstić information content (AvgIpc) is 2.82. The molecule has 1 unspecified atom stereocenters. The normalized spacial score (nSPS) is 12.5. The molecule has 0 fully saturated rings. The summed E-state index contributed by atoms with van der Waals surface area (Å²) in [5.41, 5.74) is 0. The molecule has 19 heavy (non-hydrogen) atoms. The van der Waals surface area contributed by atoms with Gasteiger partial charge in [-0.15, -0.1) is 11.3 Å². The lowest BCUT2D eigenvalue weighted by Crippen LogP contribution is -2.27. The van der Waals surface area contributed by atoms with Crippen LogP contribution in [0.4, 0.5) is 0 Å². The smallest absolute Gasteiger partial charge is 0.261 e. The number of ether oxygens (including phenoxy) is 1. The number of hydrogen-bond acceptors (Lipinski definition) is 4. The summed E-state index contributed by atoms with van der Waals surface area (Å²) in [4.78, 5) is 12.6. The Morgan fingerprint density at radius 3 is 3.00 bits per heavy atom. The summed E-state index contributed by atoms with van der Waals surface area (Å²) in [7, 11) is 1.54. The zero-order chi connectivity index (χ0) is 13.7. The summed E-state index contributed by atoms with van der Waals surface area (Å²) in [5, 5.41) is 13.4. The van der Waals surface area contributed by atoms with Crippen molar-refractivity contribution < 1.29 is 14.6 Å². The molecule has 0 aliphatic heterocycles. The minimum absolute atomic E-state index is 0.0918. The number of aliphatic hydroxyl groups is 1. The van der Waals surface area contributed by atoms with E-state index < -0.39 is 6.10 Å². The molecule has 1 aromatic heterocycles. The van der Waals surface area contributed by atoms with Gasteiger partial charge in [0.1, 0.15) is 0 Å². The van der Waals surface area contributed by atoms with Crippen molar-refractivity contribution in [1.29, 1.82) is 0 Å². The Morgan fingerprint density at radius 2 is 2.26 bits per heavy atom. The van der Waals surface area contributed by atoms with E-state index in [1.54, 1.807) is 7.11 Å². The van der Waals surface area contributed by atoms with Crippen molar-refractivity contribution in [3.8, 4) is 0 Å². The highest BCUT2D eigenvalue weighted by Gasteiger charge is 2.10. The first-order valence-electron chi connectivity index (χ1n) is 6.14. The lowest BCUT2D eigenvalue weighted by molar-refractivity contribution is 0.0588. The predicted octanol–water partition coefficient (Wildman–Crippen LogP) is 2.03. The largest absolute Gasteiger partial charge is 0.391 e. The summed E-state index contributed by atoms with van der Waals surface area (Å²) in [5.74, 6) is -0.0918. The molecule has 5 heteroatoms. The van der Waals surface area contributed by atoms with Crippen LogP contribution in [0.15, 0.2) is 30.3 Å². The molecule has 1 atom stereocenters. The van der Waals surface area contributed by atoms with Crippen molar-refractivity contribution in [2.45, 2.75) is 12.5 Å². The van der Waals surface area contributed by atoms with Gasteiger partial charge in [-0.05, 0) is 23.9 Å². The van der Waals surface area contributed by atoms with Crippen molar-refractivity contribution in [3.63, 3.8) is 0 Å². The van der Waals surface area contributed by atoms with Crippen LogP contribution in [0, 0.1) is 0 Å². The molecule has 102 valence electrons. The Bertz CT molecular complexity index is 519. The number of carbonyl (C=O) groups excluding carboxylic acids is 1. The summed E-state index contributed by atoms with van der Waals surface area (Å²) in [6, 6.07) is 9.80. The van der Waals surface area contributed by atoms with Crippen molar-refractivity contribution in [2.75, 3.05) is 20.3 Å². The third kappa shape index (κ3) is 3.76. The number of carbonyl (C=O) groups is 1. The van der Waals surface area contributed by atoms with Gasteiger partial charge in [-0.2, -0.15) is 0 Å². The maximum atomic E-state index is 11.9. The maximum absolute atomic E-state index is 11.9. The number of benzene rings is 1. The number of thiophene rings is 1. The van der Waals surface area contributed by atoms with Crippen LogP contribution in [0.2, 0.25) is 0 Å². The molecular formula is C14H17NO3S. The number of methoxy groups -OCH3 is 1. The second kappa shape index (κ2) is 6.65. The summed E-state index contributed by atoms with van der Waals surface area (Å²) >= 11 is 1.48. The van der Waals surface area contributed by atoms with Crippen LogP contribution in [-0.2, 0) is 4.74 Å². The van der Waals surface area contributed by atoms with Gasteiger partial charge in [-0.3, -0.25) is 4.79 Å². The molecule has 2 aromatic rings. The van der Waals surface area contributed by atoms with E-state index in [1.807, 2.05) is 30.3 Å². The molecule has 2 N–H and O–H groups in total. The fraction of sp³-hybridized carbons (Fsp3) is 0.357. The molecule has 2 rings (SSSR count). The van der Waals surface area contributed by atoms with Gasteiger partial charge in [0, 0.05) is 18.4 Å². The Balaban J connectivity index is 1.89. The van der Waals surface area contributed by atoms with E-state index in [0.717, 1.165) is 10.1 Å². The van der Waals surface area contributed by atoms with Gasteiger partial charge in [0.05, 0.1) is 17.6 Å². The van der Waals surface area contributed by atoms with Gasteiger partial charge in [-0.1, -0.05) is 18.2 Å². The lowest BCUT2D eigenvalue weighted by Gasteiger charge is -2.09. The first kappa shape index (κ1) is 14.0. The predicted molar refractivity (Wildman–Crippen MR) is 76.7 cm³/mol. The van der Waals surface area contributed by atoms with Crippen LogP contribution in [0.3, 0.4) is 0 Å². The second-order valence-electron chi connectivity index (χ2n) is 4.30. The van der Waals surface area contributed by atoms with E-state index in [2.05, 4.69) is 5.32 Å². The molecule has 1 heterocycles. The third-order valence-electron chi connectivity index (χ3n) is 2.77. The van der Waals surface area contributed by atoms with Crippen LogP contribution in [-0.4, -0.2) is 37.4 Å². The first-order chi connectivity index (χ1) is 9.20. The lowest BCUT2D eigenvalue weighted by atomic mass is 10.2. The summed E-state index contributed by atoms with van der Waals surface area (Å²) in [6.45, 7) is 0.733. The highest BCUT2D eigenvalue weighted by molar-refractivity contribution is 7.20. The molecule has 1 amide bonds. The second-order valence-corrected chi connectivity index (χ2v) is 5.39. The van der Waals surface area contributed by atoms with Crippen LogP contribution in [0.5, 0.6) is 0 Å². The molecule has 0 saturated heterocycles. The molecule has 0 aliphatic carbocycles. The van der Waals surface area contributed by atoms with Gasteiger partial charge in [0.25, 0.3) is 5.91 Å². The van der Waals surface area contributed by atoms with Crippen LogP contribution >= 0.6 is 11.3 Å². The number of aliphatic hydroxyl groups excluding tert-OH is 1. The number of nitrogens with one attached hydrogen (secondary N) is 1. The van der Waals surface area contributed by atoms with E-state index in [-0.39, 0.29) is 5.91 Å². The average molecular weight is 279 g/mol. The van der Waals surface area contributed by atoms with Crippen molar-refractivity contribution in [3.05, 3.63) is 35.2 Å². The molecule has 0 aliphatic rings. The Hall–Kier alpha value is -1.43. The van der Waals surface area contributed by atoms with E-state index in [9.17, 15) is 9.90 Å². The topological polar surface area (TPSA) is 58.6 Å². The van der Waals surface area contributed by atoms with Crippen molar-refractivity contribution >= 4 is 27.3 Å². The maximum Gasteiger partial charge on any atom is 0.261 e. The van der Waals surface area contributed by atoms with E-state index in [4.69, 9.17) is 4.74 Å².